The average Bonchev–Trinajstić information content (AvgIpc) is 3.24. The number of methoxy groups -OCH3 is 1. The summed E-state index contributed by atoms with van der Waals surface area (Å²) in [6.45, 7) is 0.395. The number of nitrogens with one attached hydrogen (secondary N) is 2. The molecule has 0 unspecified atom stereocenters. The molecule has 3 rings (SSSR count). The smallest absolute Gasteiger partial charge is 0.240 e. The molecule has 0 bridgehead atoms. The van der Waals surface area contributed by atoms with Crippen molar-refractivity contribution in [2.75, 3.05) is 7.11 Å². The Morgan fingerprint density at radius 2 is 2.17 bits per heavy atom. The molecule has 24 heavy (non-hydrogen) atoms. The van der Waals surface area contributed by atoms with Crippen molar-refractivity contribution in [2.45, 2.75) is 13.1 Å². The van der Waals surface area contributed by atoms with Crippen molar-refractivity contribution in [1.29, 1.82) is 0 Å². The number of nitrogens with zero attached hydrogens (tertiary/aromatic N) is 2. The van der Waals surface area contributed by atoms with E-state index in [4.69, 9.17) is 21.4 Å². The quantitative estimate of drug-likeness (QED) is 0.671. The van der Waals surface area contributed by atoms with E-state index in [-0.39, 0.29) is 12.5 Å². The minimum absolute atomic E-state index is 0.0669. The third kappa shape index (κ3) is 3.54. The molecule has 0 aliphatic heterocycles. The highest BCUT2D eigenvalue weighted by Gasteiger charge is 2.12. The summed E-state index contributed by atoms with van der Waals surface area (Å²) in [6.07, 6.45) is 1.56. The summed E-state index contributed by atoms with van der Waals surface area (Å²) in [5, 5.41) is 9.72. The van der Waals surface area contributed by atoms with Crippen LogP contribution in [0, 0.1) is 4.77 Å². The van der Waals surface area contributed by atoms with Gasteiger partial charge in [-0.25, -0.2) is 0 Å². The van der Waals surface area contributed by atoms with E-state index in [0.29, 0.717) is 22.9 Å². The fraction of sp³-hybridized carbons (Fsp3) is 0.188. The number of benzene rings is 1. The molecule has 0 spiro atoms. The molecule has 0 saturated heterocycles. The molecule has 0 radical (unpaired) electrons. The van der Waals surface area contributed by atoms with Crippen molar-refractivity contribution in [3.05, 3.63) is 53.2 Å². The molecule has 0 atom stereocenters. The van der Waals surface area contributed by atoms with Gasteiger partial charge in [-0.05, 0) is 48.6 Å². The van der Waals surface area contributed by atoms with Gasteiger partial charge >= 0.3 is 0 Å². The standard InChI is InChI=1S/C16H16N4O3S/c1-22-12-6-4-11(5-7-12)15-18-19-16(24)20(15)10-14(21)17-9-13-3-2-8-23-13/h2-8H,9-10H2,1H3,(H,17,21)(H,19,24). The number of furan rings is 1. The molecular formula is C16H16N4O3S. The van der Waals surface area contributed by atoms with Gasteiger partial charge in [-0.15, -0.1) is 0 Å². The lowest BCUT2D eigenvalue weighted by atomic mass is 10.2. The number of amides is 1. The van der Waals surface area contributed by atoms with Gasteiger partial charge in [-0.2, -0.15) is 5.10 Å². The van der Waals surface area contributed by atoms with Gasteiger partial charge < -0.3 is 14.5 Å². The topological polar surface area (TPSA) is 85.1 Å². The molecule has 7 nitrogen and oxygen atoms in total. The number of carbonyl (C=O) groups excluding carboxylic acids is 1. The predicted octanol–water partition coefficient (Wildman–Crippen LogP) is 2.53. The first kappa shape index (κ1) is 16.0. The molecule has 124 valence electrons. The normalized spacial score (nSPS) is 10.5. The first-order chi connectivity index (χ1) is 11.7. The summed E-state index contributed by atoms with van der Waals surface area (Å²) in [6, 6.07) is 11.0. The summed E-state index contributed by atoms with van der Waals surface area (Å²) in [5.74, 6) is 1.85. The predicted molar refractivity (Wildman–Crippen MR) is 90.0 cm³/mol. The number of aromatic amines is 1. The maximum atomic E-state index is 12.2. The van der Waals surface area contributed by atoms with Crippen LogP contribution in [0.4, 0.5) is 0 Å². The zero-order valence-electron chi connectivity index (χ0n) is 13.0. The van der Waals surface area contributed by atoms with Crippen LogP contribution in [0.2, 0.25) is 0 Å². The lowest BCUT2D eigenvalue weighted by Gasteiger charge is -2.08. The van der Waals surface area contributed by atoms with Crippen molar-refractivity contribution in [2.24, 2.45) is 0 Å². The van der Waals surface area contributed by atoms with Crippen molar-refractivity contribution in [1.82, 2.24) is 20.1 Å². The Kier molecular flexibility index (Phi) is 4.76. The Morgan fingerprint density at radius 3 is 2.83 bits per heavy atom. The Bertz CT molecular complexity index is 866. The van der Waals surface area contributed by atoms with Crippen LogP contribution < -0.4 is 10.1 Å². The number of H-pyrrole nitrogens is 1. The molecule has 2 heterocycles. The van der Waals surface area contributed by atoms with E-state index in [2.05, 4.69) is 15.5 Å². The number of aromatic nitrogens is 3. The second-order valence-corrected chi connectivity index (χ2v) is 5.41. The number of ether oxygens (including phenoxy) is 1. The van der Waals surface area contributed by atoms with E-state index in [1.165, 1.54) is 0 Å². The van der Waals surface area contributed by atoms with Crippen LogP contribution in [0.1, 0.15) is 5.76 Å². The van der Waals surface area contributed by atoms with Crippen LogP contribution in [0.3, 0.4) is 0 Å². The molecule has 0 aliphatic carbocycles. The molecular weight excluding hydrogens is 328 g/mol. The Hall–Kier alpha value is -2.87. The third-order valence-corrected chi connectivity index (χ3v) is 3.76. The van der Waals surface area contributed by atoms with Gasteiger partial charge in [-0.3, -0.25) is 14.5 Å². The summed E-state index contributed by atoms with van der Waals surface area (Å²) in [5.41, 5.74) is 0.835. The number of hydrogen-bond acceptors (Lipinski definition) is 5. The molecule has 1 aromatic carbocycles. The van der Waals surface area contributed by atoms with Gasteiger partial charge in [0.05, 0.1) is 19.9 Å². The Labute approximate surface area is 143 Å². The molecule has 3 aromatic rings. The molecule has 0 fully saturated rings. The summed E-state index contributed by atoms with van der Waals surface area (Å²) < 4.78 is 12.4. The van der Waals surface area contributed by atoms with E-state index >= 15 is 0 Å². The van der Waals surface area contributed by atoms with Crippen LogP contribution in [-0.2, 0) is 17.9 Å². The van der Waals surface area contributed by atoms with Crippen molar-refractivity contribution in [3.63, 3.8) is 0 Å². The van der Waals surface area contributed by atoms with Crippen LogP contribution >= 0.6 is 12.2 Å². The molecule has 0 aliphatic rings. The maximum Gasteiger partial charge on any atom is 0.240 e. The summed E-state index contributed by atoms with van der Waals surface area (Å²) in [4.78, 5) is 12.2. The number of carbonyl (C=O) groups is 1. The maximum absolute atomic E-state index is 12.2. The van der Waals surface area contributed by atoms with E-state index in [0.717, 1.165) is 11.3 Å². The Morgan fingerprint density at radius 1 is 1.38 bits per heavy atom. The lowest BCUT2D eigenvalue weighted by Crippen LogP contribution is -2.27. The molecule has 0 saturated carbocycles. The first-order valence-corrected chi connectivity index (χ1v) is 7.67. The number of hydrogen-bond donors (Lipinski definition) is 2. The van der Waals surface area contributed by atoms with Crippen LogP contribution in [0.5, 0.6) is 5.75 Å². The SMILES string of the molecule is COc1ccc(-c2n[nH]c(=S)n2CC(=O)NCc2ccco2)cc1. The van der Waals surface area contributed by atoms with Gasteiger partial charge in [0, 0.05) is 5.56 Å². The van der Waals surface area contributed by atoms with Gasteiger partial charge in [0.15, 0.2) is 10.6 Å². The van der Waals surface area contributed by atoms with E-state index < -0.39 is 0 Å². The van der Waals surface area contributed by atoms with Crippen LogP contribution in [0.15, 0.2) is 47.1 Å². The van der Waals surface area contributed by atoms with Crippen LogP contribution in [-0.4, -0.2) is 27.8 Å². The highest BCUT2D eigenvalue weighted by Crippen LogP contribution is 2.20. The van der Waals surface area contributed by atoms with E-state index in [9.17, 15) is 4.79 Å². The van der Waals surface area contributed by atoms with Crippen molar-refractivity contribution < 1.29 is 13.9 Å². The average molecular weight is 344 g/mol. The molecule has 8 heteroatoms. The zero-order chi connectivity index (χ0) is 16.9. The highest BCUT2D eigenvalue weighted by molar-refractivity contribution is 7.71. The van der Waals surface area contributed by atoms with Crippen LogP contribution in [0.25, 0.3) is 11.4 Å². The number of rotatable bonds is 6. The molecule has 2 N–H and O–H groups in total. The fourth-order valence-corrected chi connectivity index (χ4v) is 2.42. The third-order valence-electron chi connectivity index (χ3n) is 3.45. The molecule has 1 amide bonds. The minimum Gasteiger partial charge on any atom is -0.497 e. The van der Waals surface area contributed by atoms with E-state index in [1.54, 1.807) is 30.1 Å². The van der Waals surface area contributed by atoms with Crippen molar-refractivity contribution >= 4 is 18.1 Å². The van der Waals surface area contributed by atoms with Gasteiger partial charge in [-0.1, -0.05) is 0 Å². The van der Waals surface area contributed by atoms with E-state index in [1.807, 2.05) is 24.3 Å². The highest BCUT2D eigenvalue weighted by atomic mass is 32.1. The minimum atomic E-state index is -0.182. The van der Waals surface area contributed by atoms with Gasteiger partial charge in [0.2, 0.25) is 5.91 Å². The second-order valence-electron chi connectivity index (χ2n) is 5.02. The molecule has 2 aromatic heterocycles. The Balaban J connectivity index is 1.74. The van der Waals surface area contributed by atoms with Crippen molar-refractivity contribution in [3.8, 4) is 17.1 Å². The van der Waals surface area contributed by atoms with Gasteiger partial charge in [0.1, 0.15) is 18.1 Å². The zero-order valence-corrected chi connectivity index (χ0v) is 13.8. The lowest BCUT2D eigenvalue weighted by molar-refractivity contribution is -0.121. The summed E-state index contributed by atoms with van der Waals surface area (Å²) in [7, 11) is 1.61. The fourth-order valence-electron chi connectivity index (χ4n) is 2.22. The first-order valence-electron chi connectivity index (χ1n) is 7.26. The van der Waals surface area contributed by atoms with Gasteiger partial charge in [0.25, 0.3) is 0 Å². The monoisotopic (exact) mass is 344 g/mol. The summed E-state index contributed by atoms with van der Waals surface area (Å²) >= 11 is 5.23. The second kappa shape index (κ2) is 7.14. The largest absolute Gasteiger partial charge is 0.497 e.